The van der Waals surface area contributed by atoms with Crippen LogP contribution in [0.4, 0.5) is 13.2 Å². The number of halogens is 3. The van der Waals surface area contributed by atoms with Crippen molar-refractivity contribution in [3.63, 3.8) is 0 Å². The molecule has 0 radical (unpaired) electrons. The third kappa shape index (κ3) is 5.17. The molecule has 1 heterocycles. The fourth-order valence-corrected chi connectivity index (χ4v) is 2.37. The van der Waals surface area contributed by atoms with Gasteiger partial charge in [0.2, 0.25) is 11.7 Å². The first kappa shape index (κ1) is 19.7. The van der Waals surface area contributed by atoms with Crippen molar-refractivity contribution in [1.29, 1.82) is 5.26 Å². The highest BCUT2D eigenvalue weighted by atomic mass is 19.4. The monoisotopic (exact) mass is 364 g/mol. The molecule has 26 heavy (non-hydrogen) atoms. The molecule has 5 nitrogen and oxygen atoms in total. The number of alkyl halides is 3. The summed E-state index contributed by atoms with van der Waals surface area (Å²) >= 11 is 0. The number of aromatic nitrogens is 2. The number of nitriles is 1. The number of rotatable bonds is 7. The van der Waals surface area contributed by atoms with Crippen molar-refractivity contribution in [2.24, 2.45) is 0 Å². The average molecular weight is 364 g/mol. The average Bonchev–Trinajstić information content (AvgIpc) is 2.64. The van der Waals surface area contributed by atoms with Gasteiger partial charge >= 0.3 is 6.18 Å². The third-order valence-electron chi connectivity index (χ3n) is 3.84. The molecule has 0 unspecified atom stereocenters. The summed E-state index contributed by atoms with van der Waals surface area (Å²) in [5, 5.41) is 9.09. The summed E-state index contributed by atoms with van der Waals surface area (Å²) in [6.45, 7) is 6.86. The molecule has 2 aromatic rings. The Morgan fingerprint density at radius 1 is 1.15 bits per heavy atom. The first-order chi connectivity index (χ1) is 12.4. The zero-order valence-corrected chi connectivity index (χ0v) is 14.5. The van der Waals surface area contributed by atoms with Crippen LogP contribution in [0.1, 0.15) is 25.2 Å². The Morgan fingerprint density at radius 3 is 2.50 bits per heavy atom. The van der Waals surface area contributed by atoms with Crippen LogP contribution in [0.25, 0.3) is 11.3 Å². The second-order valence-corrected chi connectivity index (χ2v) is 5.48. The topological polar surface area (TPSA) is 62.0 Å². The summed E-state index contributed by atoms with van der Waals surface area (Å²) in [7, 11) is 0. The molecule has 8 heteroatoms. The quantitative estimate of drug-likeness (QED) is 0.749. The van der Waals surface area contributed by atoms with Crippen molar-refractivity contribution in [1.82, 2.24) is 14.9 Å². The van der Waals surface area contributed by atoms with Gasteiger partial charge in [-0.25, -0.2) is 4.98 Å². The fraction of sp³-hybridized carbons (Fsp3) is 0.389. The molecule has 0 amide bonds. The van der Waals surface area contributed by atoms with E-state index in [2.05, 4.69) is 14.9 Å². The van der Waals surface area contributed by atoms with Gasteiger partial charge in [0.15, 0.2) is 0 Å². The lowest BCUT2D eigenvalue weighted by Gasteiger charge is -2.17. The molecule has 1 aromatic carbocycles. The Bertz CT molecular complexity index is 783. The highest BCUT2D eigenvalue weighted by Gasteiger charge is 2.30. The van der Waals surface area contributed by atoms with E-state index in [1.165, 1.54) is 18.2 Å². The van der Waals surface area contributed by atoms with Gasteiger partial charge in [-0.05, 0) is 25.2 Å². The first-order valence-corrected chi connectivity index (χ1v) is 8.19. The summed E-state index contributed by atoms with van der Waals surface area (Å²) in [5.74, 6) is 0.00821. The smallest absolute Gasteiger partial charge is 0.416 e. The number of hydrogen-bond acceptors (Lipinski definition) is 5. The molecule has 0 fully saturated rings. The first-order valence-electron chi connectivity index (χ1n) is 8.19. The molecule has 0 N–H and O–H groups in total. The Morgan fingerprint density at radius 2 is 1.88 bits per heavy atom. The van der Waals surface area contributed by atoms with Gasteiger partial charge in [0.25, 0.3) is 0 Å². The molecule has 0 spiro atoms. The summed E-state index contributed by atoms with van der Waals surface area (Å²) < 4.78 is 44.3. The molecule has 0 saturated heterocycles. The highest BCUT2D eigenvalue weighted by Crippen LogP contribution is 2.32. The van der Waals surface area contributed by atoms with Gasteiger partial charge in [-0.1, -0.05) is 26.0 Å². The van der Waals surface area contributed by atoms with Gasteiger partial charge in [0.05, 0.1) is 11.3 Å². The number of nitrogens with zero attached hydrogens (tertiary/aromatic N) is 4. The van der Waals surface area contributed by atoms with Crippen LogP contribution in [0, 0.1) is 11.3 Å². The van der Waals surface area contributed by atoms with Gasteiger partial charge in [0.1, 0.15) is 12.7 Å². The van der Waals surface area contributed by atoms with Crippen LogP contribution in [0.3, 0.4) is 0 Å². The molecule has 0 bridgehead atoms. The van der Waals surface area contributed by atoms with Crippen molar-refractivity contribution < 1.29 is 17.9 Å². The number of hydrogen-bond donors (Lipinski definition) is 0. The van der Waals surface area contributed by atoms with Crippen LogP contribution in [0.2, 0.25) is 0 Å². The van der Waals surface area contributed by atoms with E-state index < -0.39 is 11.7 Å². The van der Waals surface area contributed by atoms with Crippen molar-refractivity contribution in [3.05, 3.63) is 41.7 Å². The largest absolute Gasteiger partial charge is 0.476 e. The second-order valence-electron chi connectivity index (χ2n) is 5.48. The van der Waals surface area contributed by atoms with Crippen molar-refractivity contribution in [3.8, 4) is 23.2 Å². The van der Waals surface area contributed by atoms with Crippen LogP contribution < -0.4 is 4.74 Å². The normalized spacial score (nSPS) is 11.4. The van der Waals surface area contributed by atoms with Crippen molar-refractivity contribution >= 4 is 0 Å². The number of likely N-dealkylation sites (N-methyl/N-ethyl adjacent to an activating group) is 1. The third-order valence-corrected chi connectivity index (χ3v) is 3.84. The van der Waals surface area contributed by atoms with Crippen LogP contribution >= 0.6 is 0 Å². The predicted octanol–water partition coefficient (Wildman–Crippen LogP) is 3.75. The van der Waals surface area contributed by atoms with Crippen LogP contribution in [0.5, 0.6) is 5.88 Å². The van der Waals surface area contributed by atoms with Crippen LogP contribution in [-0.4, -0.2) is 41.1 Å². The van der Waals surface area contributed by atoms with Crippen molar-refractivity contribution in [2.45, 2.75) is 20.0 Å². The lowest BCUT2D eigenvalue weighted by Crippen LogP contribution is -2.28. The molecule has 138 valence electrons. The summed E-state index contributed by atoms with van der Waals surface area (Å²) in [4.78, 5) is 10.1. The van der Waals surface area contributed by atoms with E-state index in [4.69, 9.17) is 10.00 Å². The lowest BCUT2D eigenvalue weighted by atomic mass is 10.1. The minimum absolute atomic E-state index is 0.155. The van der Waals surface area contributed by atoms with Crippen molar-refractivity contribution in [2.75, 3.05) is 26.2 Å². The Kier molecular flexibility index (Phi) is 6.52. The SMILES string of the molecule is CCN(CC)CCOc1cc(-c2cccc(C(F)(F)F)c2)nc(C#N)n1. The Balaban J connectivity index is 2.26. The van der Waals surface area contributed by atoms with Crippen LogP contribution in [-0.2, 0) is 6.18 Å². The lowest BCUT2D eigenvalue weighted by molar-refractivity contribution is -0.137. The molecule has 0 saturated carbocycles. The molecular formula is C18H19F3N4O. The second kappa shape index (κ2) is 8.63. The molecule has 2 rings (SSSR count). The zero-order chi connectivity index (χ0) is 19.2. The van der Waals surface area contributed by atoms with E-state index >= 15 is 0 Å². The van der Waals surface area contributed by atoms with E-state index in [0.29, 0.717) is 13.2 Å². The number of ether oxygens (including phenoxy) is 1. The predicted molar refractivity (Wildman–Crippen MR) is 90.5 cm³/mol. The number of benzene rings is 1. The minimum Gasteiger partial charge on any atom is -0.476 e. The maximum absolute atomic E-state index is 12.9. The van der Waals surface area contributed by atoms with Gasteiger partial charge in [-0.3, -0.25) is 0 Å². The zero-order valence-electron chi connectivity index (χ0n) is 14.5. The Labute approximate surface area is 150 Å². The molecule has 0 atom stereocenters. The van der Waals surface area contributed by atoms with E-state index in [1.807, 2.05) is 19.9 Å². The molecule has 0 aliphatic carbocycles. The molecule has 1 aromatic heterocycles. The molecule has 0 aliphatic rings. The van der Waals surface area contributed by atoms with E-state index in [-0.39, 0.29) is 23.0 Å². The van der Waals surface area contributed by atoms with Gasteiger partial charge < -0.3 is 9.64 Å². The van der Waals surface area contributed by atoms with Gasteiger partial charge in [0, 0.05) is 18.2 Å². The fourth-order valence-electron chi connectivity index (χ4n) is 2.37. The van der Waals surface area contributed by atoms with Gasteiger partial charge in [-0.2, -0.15) is 23.4 Å². The Hall–Kier alpha value is -2.66. The van der Waals surface area contributed by atoms with E-state index in [1.54, 1.807) is 0 Å². The summed E-state index contributed by atoms with van der Waals surface area (Å²) in [6.07, 6.45) is -4.45. The standard InChI is InChI=1S/C18H19F3N4O/c1-3-25(4-2)8-9-26-17-11-15(23-16(12-22)24-17)13-6-5-7-14(10-13)18(19,20)21/h5-7,10-11H,3-4,8-9H2,1-2H3. The maximum Gasteiger partial charge on any atom is 0.416 e. The maximum atomic E-state index is 12.9. The molecule has 0 aliphatic heterocycles. The molecular weight excluding hydrogens is 345 g/mol. The minimum atomic E-state index is -4.45. The van der Waals surface area contributed by atoms with Gasteiger partial charge in [-0.15, -0.1) is 0 Å². The summed E-state index contributed by atoms with van der Waals surface area (Å²) in [5.41, 5.74) is -0.330. The highest BCUT2D eigenvalue weighted by molar-refractivity contribution is 5.61. The summed E-state index contributed by atoms with van der Waals surface area (Å²) in [6, 6.07) is 8.02. The van der Waals surface area contributed by atoms with E-state index in [9.17, 15) is 13.2 Å². The van der Waals surface area contributed by atoms with E-state index in [0.717, 1.165) is 25.2 Å². The van der Waals surface area contributed by atoms with Crippen LogP contribution in [0.15, 0.2) is 30.3 Å².